The first-order valence-electron chi connectivity index (χ1n) is 10.7. The lowest BCUT2D eigenvalue weighted by Gasteiger charge is -2.43. The molecular weight excluding hydrogens is 380 g/mol. The molecule has 0 aromatic heterocycles. The van der Waals surface area contributed by atoms with Crippen molar-refractivity contribution in [2.75, 3.05) is 6.54 Å². The topological polar surface area (TPSA) is 75.7 Å². The summed E-state index contributed by atoms with van der Waals surface area (Å²) in [5.41, 5.74) is 1.18. The highest BCUT2D eigenvalue weighted by Crippen LogP contribution is 2.46. The molecule has 2 atom stereocenters. The molecule has 1 aliphatic heterocycles. The smallest absolute Gasteiger partial charge is 0.326 e. The van der Waals surface area contributed by atoms with Crippen molar-refractivity contribution in [3.63, 3.8) is 0 Å². The maximum atomic E-state index is 13.1. The molecule has 1 spiro atoms. The molecule has 3 rings (SSSR count). The van der Waals surface area contributed by atoms with E-state index in [-0.39, 0.29) is 29.9 Å². The first-order valence-corrected chi connectivity index (χ1v) is 10.7. The maximum absolute atomic E-state index is 13.1. The molecule has 2 aliphatic rings. The summed E-state index contributed by atoms with van der Waals surface area (Å²) in [6, 6.07) is 7.41. The molecule has 2 fully saturated rings. The van der Waals surface area contributed by atoms with Gasteiger partial charge >= 0.3 is 12.0 Å². The van der Waals surface area contributed by atoms with Crippen molar-refractivity contribution in [2.24, 2.45) is 11.3 Å². The van der Waals surface area contributed by atoms with E-state index in [0.717, 1.165) is 16.9 Å². The number of nitrogens with one attached hydrogen (secondary N) is 1. The molecule has 30 heavy (non-hydrogen) atoms. The number of urea groups is 1. The highest BCUT2D eigenvalue weighted by atomic mass is 16.5. The molecule has 0 radical (unpaired) electrons. The van der Waals surface area contributed by atoms with E-state index in [1.165, 1.54) is 5.56 Å². The Bertz CT molecular complexity index is 838. The van der Waals surface area contributed by atoms with Crippen LogP contribution in [0.15, 0.2) is 24.3 Å². The van der Waals surface area contributed by atoms with Crippen LogP contribution in [0.25, 0.3) is 0 Å². The van der Waals surface area contributed by atoms with Gasteiger partial charge in [0, 0.05) is 0 Å². The average Bonchev–Trinajstić information content (AvgIpc) is 2.81. The molecule has 1 N–H and O–H groups in total. The maximum Gasteiger partial charge on any atom is 0.326 e. The van der Waals surface area contributed by atoms with E-state index in [0.29, 0.717) is 18.8 Å². The number of benzene rings is 1. The fourth-order valence-electron chi connectivity index (χ4n) is 5.09. The van der Waals surface area contributed by atoms with Crippen LogP contribution in [0.4, 0.5) is 4.79 Å². The van der Waals surface area contributed by atoms with Gasteiger partial charge in [-0.25, -0.2) is 4.79 Å². The molecule has 6 nitrogen and oxygen atoms in total. The number of carbonyl (C=O) groups is 3. The SMILES string of the molecule is C[C@H]1CC(C)(C)C[C@@]2(C1)NC(=O)N(CC(=O)OCc1ccc(C(C)(C)C)cc1)C2=O. The quantitative estimate of drug-likeness (QED) is 0.593. The summed E-state index contributed by atoms with van der Waals surface area (Å²) in [4.78, 5) is 39.0. The Hall–Kier alpha value is -2.37. The van der Waals surface area contributed by atoms with E-state index >= 15 is 0 Å². The first kappa shape index (κ1) is 22.3. The summed E-state index contributed by atoms with van der Waals surface area (Å²) < 4.78 is 5.34. The number of amides is 3. The number of ether oxygens (including phenoxy) is 1. The summed E-state index contributed by atoms with van der Waals surface area (Å²) in [6.07, 6.45) is 2.20. The number of nitrogens with zero attached hydrogens (tertiary/aromatic N) is 1. The summed E-state index contributed by atoms with van der Waals surface area (Å²) in [6.45, 7) is 12.5. The Morgan fingerprint density at radius 1 is 1.17 bits per heavy atom. The molecule has 6 heteroatoms. The third kappa shape index (κ3) is 4.68. The van der Waals surface area contributed by atoms with E-state index in [4.69, 9.17) is 4.74 Å². The zero-order valence-electron chi connectivity index (χ0n) is 19.0. The Morgan fingerprint density at radius 3 is 2.37 bits per heavy atom. The highest BCUT2D eigenvalue weighted by molar-refractivity contribution is 6.08. The highest BCUT2D eigenvalue weighted by Gasteiger charge is 2.56. The Morgan fingerprint density at radius 2 is 1.80 bits per heavy atom. The lowest BCUT2D eigenvalue weighted by atomic mass is 9.64. The molecular formula is C24H34N2O4. The van der Waals surface area contributed by atoms with Gasteiger partial charge in [-0.3, -0.25) is 14.5 Å². The fraction of sp³-hybridized carbons (Fsp3) is 0.625. The van der Waals surface area contributed by atoms with Crippen LogP contribution in [0.1, 0.15) is 71.9 Å². The normalized spacial score (nSPS) is 26.1. The van der Waals surface area contributed by atoms with Crippen molar-refractivity contribution in [1.29, 1.82) is 0 Å². The summed E-state index contributed by atoms with van der Waals surface area (Å²) in [5, 5.41) is 2.88. The molecule has 1 aromatic rings. The Kier molecular flexibility index (Phi) is 5.74. The van der Waals surface area contributed by atoms with Crippen LogP contribution in [0.5, 0.6) is 0 Å². The van der Waals surface area contributed by atoms with Gasteiger partial charge in [-0.05, 0) is 47.1 Å². The van der Waals surface area contributed by atoms with Crippen LogP contribution >= 0.6 is 0 Å². The van der Waals surface area contributed by atoms with Crippen LogP contribution in [0.2, 0.25) is 0 Å². The van der Waals surface area contributed by atoms with Crippen molar-refractivity contribution in [1.82, 2.24) is 10.2 Å². The van der Waals surface area contributed by atoms with Crippen molar-refractivity contribution in [3.8, 4) is 0 Å². The van der Waals surface area contributed by atoms with E-state index in [1.807, 2.05) is 24.3 Å². The molecule has 0 unspecified atom stereocenters. The van der Waals surface area contributed by atoms with E-state index in [2.05, 4.69) is 46.9 Å². The van der Waals surface area contributed by atoms with Crippen LogP contribution in [-0.2, 0) is 26.3 Å². The van der Waals surface area contributed by atoms with Crippen molar-refractivity contribution < 1.29 is 19.1 Å². The third-order valence-corrected chi connectivity index (χ3v) is 6.13. The zero-order chi connectivity index (χ0) is 22.3. The molecule has 1 saturated carbocycles. The van der Waals surface area contributed by atoms with Gasteiger partial charge in [-0.15, -0.1) is 0 Å². The minimum absolute atomic E-state index is 0.0453. The van der Waals surface area contributed by atoms with Gasteiger partial charge in [-0.2, -0.15) is 0 Å². The Balaban J connectivity index is 1.60. The van der Waals surface area contributed by atoms with Crippen LogP contribution in [0.3, 0.4) is 0 Å². The second-order valence-corrected chi connectivity index (χ2v) is 10.9. The number of rotatable bonds is 4. The predicted octanol–water partition coefficient (Wildman–Crippen LogP) is 4.16. The van der Waals surface area contributed by atoms with Gasteiger partial charge in [0.05, 0.1) is 0 Å². The number of carbonyl (C=O) groups excluding carboxylic acids is 3. The third-order valence-electron chi connectivity index (χ3n) is 6.13. The van der Waals surface area contributed by atoms with Crippen LogP contribution < -0.4 is 5.32 Å². The standard InChI is InChI=1S/C24H34N2O4/c1-16-11-23(5,6)15-24(12-16)20(28)26(21(29)25-24)13-19(27)30-14-17-7-9-18(10-8-17)22(2,3)4/h7-10,16H,11-15H2,1-6H3,(H,25,29)/t16-,24+/m0/s1. The Labute approximate surface area is 179 Å². The average molecular weight is 415 g/mol. The van der Waals surface area contributed by atoms with Gasteiger partial charge in [0.2, 0.25) is 0 Å². The second-order valence-electron chi connectivity index (χ2n) is 10.9. The van der Waals surface area contributed by atoms with E-state index in [1.54, 1.807) is 0 Å². The lowest BCUT2D eigenvalue weighted by molar-refractivity contribution is -0.149. The number of hydrogen-bond donors (Lipinski definition) is 1. The molecule has 1 saturated heterocycles. The molecule has 3 amide bonds. The fourth-order valence-corrected chi connectivity index (χ4v) is 5.09. The molecule has 0 bridgehead atoms. The largest absolute Gasteiger partial charge is 0.459 e. The van der Waals surface area contributed by atoms with E-state index < -0.39 is 17.5 Å². The predicted molar refractivity (Wildman–Crippen MR) is 115 cm³/mol. The summed E-state index contributed by atoms with van der Waals surface area (Å²) >= 11 is 0. The number of esters is 1. The van der Waals surface area contributed by atoms with Gasteiger partial charge < -0.3 is 10.1 Å². The summed E-state index contributed by atoms with van der Waals surface area (Å²) in [5.74, 6) is -0.571. The molecule has 164 valence electrons. The van der Waals surface area contributed by atoms with Crippen molar-refractivity contribution in [3.05, 3.63) is 35.4 Å². The number of hydrogen-bond acceptors (Lipinski definition) is 4. The second kappa shape index (κ2) is 7.71. The van der Waals surface area contributed by atoms with Crippen LogP contribution in [-0.4, -0.2) is 34.9 Å². The summed E-state index contributed by atoms with van der Waals surface area (Å²) in [7, 11) is 0. The molecule has 1 heterocycles. The first-order chi connectivity index (χ1) is 13.8. The molecule has 1 aromatic carbocycles. The molecule has 1 aliphatic carbocycles. The van der Waals surface area contributed by atoms with Gasteiger partial charge in [-0.1, -0.05) is 65.8 Å². The van der Waals surface area contributed by atoms with E-state index in [9.17, 15) is 14.4 Å². The van der Waals surface area contributed by atoms with Gasteiger partial charge in [0.1, 0.15) is 18.7 Å². The lowest BCUT2D eigenvalue weighted by Crippen LogP contribution is -2.54. The number of imide groups is 1. The van der Waals surface area contributed by atoms with Gasteiger partial charge in [0.15, 0.2) is 0 Å². The van der Waals surface area contributed by atoms with Crippen LogP contribution in [0, 0.1) is 11.3 Å². The van der Waals surface area contributed by atoms with Crippen molar-refractivity contribution >= 4 is 17.9 Å². The minimum Gasteiger partial charge on any atom is -0.459 e. The zero-order valence-corrected chi connectivity index (χ0v) is 19.0. The monoisotopic (exact) mass is 414 g/mol. The van der Waals surface area contributed by atoms with Gasteiger partial charge in [0.25, 0.3) is 5.91 Å². The minimum atomic E-state index is -0.901. The van der Waals surface area contributed by atoms with Crippen molar-refractivity contribution in [2.45, 2.75) is 78.4 Å².